The third-order valence-electron chi connectivity index (χ3n) is 3.50. The van der Waals surface area contributed by atoms with Gasteiger partial charge in [0.1, 0.15) is 0 Å². The summed E-state index contributed by atoms with van der Waals surface area (Å²) in [7, 11) is 1.49. The van der Waals surface area contributed by atoms with E-state index >= 15 is 0 Å². The summed E-state index contributed by atoms with van der Waals surface area (Å²) in [6.07, 6.45) is -4.46. The van der Waals surface area contributed by atoms with E-state index in [2.05, 4.69) is 15.5 Å². The number of amides is 1. The maximum atomic E-state index is 12.8. The Morgan fingerprint density at radius 3 is 2.60 bits per heavy atom. The molecule has 0 aliphatic carbocycles. The summed E-state index contributed by atoms with van der Waals surface area (Å²) >= 11 is 0. The molecular formula is C17H12F3N3O2. The molecule has 1 heterocycles. The first kappa shape index (κ1) is 16.7. The highest BCUT2D eigenvalue weighted by molar-refractivity contribution is 5.99. The van der Waals surface area contributed by atoms with Crippen LogP contribution >= 0.6 is 0 Å². The van der Waals surface area contributed by atoms with Crippen molar-refractivity contribution in [1.82, 2.24) is 15.5 Å². The van der Waals surface area contributed by atoms with Crippen molar-refractivity contribution in [2.45, 2.75) is 6.18 Å². The van der Waals surface area contributed by atoms with E-state index in [0.29, 0.717) is 11.1 Å². The van der Waals surface area contributed by atoms with Gasteiger partial charge in [0.25, 0.3) is 11.8 Å². The summed E-state index contributed by atoms with van der Waals surface area (Å²) in [6, 6.07) is 11.2. The van der Waals surface area contributed by atoms with Crippen LogP contribution in [0.3, 0.4) is 0 Å². The molecule has 0 radical (unpaired) electrons. The number of alkyl halides is 3. The van der Waals surface area contributed by atoms with Crippen molar-refractivity contribution in [3.8, 4) is 22.8 Å². The quantitative estimate of drug-likeness (QED) is 0.783. The zero-order chi connectivity index (χ0) is 18.0. The molecule has 0 atom stereocenters. The molecule has 1 aromatic heterocycles. The van der Waals surface area contributed by atoms with Gasteiger partial charge in [-0.05, 0) is 24.3 Å². The van der Waals surface area contributed by atoms with Gasteiger partial charge in [-0.1, -0.05) is 29.4 Å². The van der Waals surface area contributed by atoms with Crippen LogP contribution in [0.5, 0.6) is 0 Å². The van der Waals surface area contributed by atoms with Crippen molar-refractivity contribution in [1.29, 1.82) is 0 Å². The lowest BCUT2D eigenvalue weighted by Crippen LogP contribution is -2.18. The van der Waals surface area contributed by atoms with Crippen LogP contribution in [0.25, 0.3) is 22.8 Å². The first-order valence-electron chi connectivity index (χ1n) is 7.23. The second-order valence-electron chi connectivity index (χ2n) is 5.13. The van der Waals surface area contributed by atoms with Crippen LogP contribution in [0.4, 0.5) is 13.2 Å². The van der Waals surface area contributed by atoms with E-state index in [1.54, 1.807) is 24.3 Å². The highest BCUT2D eigenvalue weighted by Gasteiger charge is 2.30. The SMILES string of the molecule is CNC(=O)c1ccccc1-c1nc(-c2cccc(C(F)(F)F)c2)no1. The Balaban J connectivity index is 2.01. The van der Waals surface area contributed by atoms with Gasteiger partial charge in [-0.15, -0.1) is 0 Å². The Labute approximate surface area is 140 Å². The molecule has 0 saturated carbocycles. The number of nitrogens with zero attached hydrogens (tertiary/aromatic N) is 2. The molecule has 3 aromatic rings. The minimum absolute atomic E-state index is 0.00723. The molecule has 0 saturated heterocycles. The molecule has 0 aliphatic rings. The third kappa shape index (κ3) is 3.37. The Morgan fingerprint density at radius 2 is 1.88 bits per heavy atom. The molecule has 0 unspecified atom stereocenters. The van der Waals surface area contributed by atoms with E-state index in [0.717, 1.165) is 12.1 Å². The number of carbonyl (C=O) groups is 1. The fourth-order valence-electron chi connectivity index (χ4n) is 2.29. The molecule has 128 valence electrons. The van der Waals surface area contributed by atoms with Crippen molar-refractivity contribution >= 4 is 5.91 Å². The van der Waals surface area contributed by atoms with E-state index in [-0.39, 0.29) is 23.2 Å². The zero-order valence-electron chi connectivity index (χ0n) is 13.0. The molecule has 0 bridgehead atoms. The lowest BCUT2D eigenvalue weighted by molar-refractivity contribution is -0.137. The van der Waals surface area contributed by atoms with Crippen LogP contribution in [-0.4, -0.2) is 23.1 Å². The molecule has 0 aliphatic heterocycles. The number of aromatic nitrogens is 2. The predicted octanol–water partition coefficient (Wildman–Crippen LogP) is 3.78. The molecule has 3 rings (SSSR count). The lowest BCUT2D eigenvalue weighted by atomic mass is 10.1. The second kappa shape index (κ2) is 6.39. The van der Waals surface area contributed by atoms with Crippen molar-refractivity contribution < 1.29 is 22.5 Å². The Morgan fingerprint density at radius 1 is 1.12 bits per heavy atom. The number of nitrogens with one attached hydrogen (secondary N) is 1. The molecular weight excluding hydrogens is 335 g/mol. The van der Waals surface area contributed by atoms with Gasteiger partial charge in [-0.2, -0.15) is 18.2 Å². The van der Waals surface area contributed by atoms with Crippen LogP contribution in [-0.2, 0) is 6.18 Å². The first-order chi connectivity index (χ1) is 11.9. The van der Waals surface area contributed by atoms with E-state index in [4.69, 9.17) is 4.52 Å². The van der Waals surface area contributed by atoms with Gasteiger partial charge in [-0.25, -0.2) is 0 Å². The summed E-state index contributed by atoms with van der Waals surface area (Å²) < 4.78 is 43.6. The minimum atomic E-state index is -4.46. The average molecular weight is 347 g/mol. The third-order valence-corrected chi connectivity index (χ3v) is 3.50. The Hall–Kier alpha value is -3.16. The van der Waals surface area contributed by atoms with Crippen LogP contribution in [0.15, 0.2) is 53.1 Å². The van der Waals surface area contributed by atoms with Crippen LogP contribution < -0.4 is 5.32 Å². The van der Waals surface area contributed by atoms with Crippen LogP contribution in [0.1, 0.15) is 15.9 Å². The lowest BCUT2D eigenvalue weighted by Gasteiger charge is -2.06. The van der Waals surface area contributed by atoms with E-state index in [1.807, 2.05) is 0 Å². The largest absolute Gasteiger partial charge is 0.416 e. The van der Waals surface area contributed by atoms with Crippen LogP contribution in [0.2, 0.25) is 0 Å². The fourth-order valence-corrected chi connectivity index (χ4v) is 2.29. The predicted molar refractivity (Wildman–Crippen MR) is 83.6 cm³/mol. The standard InChI is InChI=1S/C17H12F3N3O2/c1-21-15(24)12-7-2-3-8-13(12)16-22-14(23-25-16)10-5-4-6-11(9-10)17(18,19)20/h2-9H,1H3,(H,21,24). The highest BCUT2D eigenvalue weighted by Crippen LogP contribution is 2.32. The van der Waals surface area contributed by atoms with Crippen molar-refractivity contribution in [2.24, 2.45) is 0 Å². The maximum absolute atomic E-state index is 12.8. The van der Waals surface area contributed by atoms with Gasteiger partial charge in [0, 0.05) is 12.6 Å². The normalized spacial score (nSPS) is 11.4. The molecule has 1 N–H and O–H groups in total. The Kier molecular flexibility index (Phi) is 4.26. The average Bonchev–Trinajstić information content (AvgIpc) is 3.10. The number of rotatable bonds is 3. The van der Waals surface area contributed by atoms with Gasteiger partial charge < -0.3 is 9.84 Å². The maximum Gasteiger partial charge on any atom is 0.416 e. The fraction of sp³-hybridized carbons (Fsp3) is 0.118. The van der Waals surface area contributed by atoms with Gasteiger partial charge in [0.2, 0.25) is 5.82 Å². The van der Waals surface area contributed by atoms with Crippen molar-refractivity contribution in [2.75, 3.05) is 7.05 Å². The van der Waals surface area contributed by atoms with E-state index in [1.165, 1.54) is 19.2 Å². The van der Waals surface area contributed by atoms with Crippen molar-refractivity contribution in [3.05, 3.63) is 59.7 Å². The zero-order valence-corrected chi connectivity index (χ0v) is 13.0. The molecule has 0 fully saturated rings. The summed E-state index contributed by atoms with van der Waals surface area (Å²) in [5.74, 6) is -0.283. The van der Waals surface area contributed by atoms with Gasteiger partial charge in [0.05, 0.1) is 16.7 Å². The summed E-state index contributed by atoms with van der Waals surface area (Å²) in [5.41, 5.74) is 0.0844. The number of halogens is 3. The van der Waals surface area contributed by atoms with Gasteiger partial charge in [-0.3, -0.25) is 4.79 Å². The summed E-state index contributed by atoms with van der Waals surface area (Å²) in [4.78, 5) is 16.0. The number of hydrogen-bond acceptors (Lipinski definition) is 4. The molecule has 25 heavy (non-hydrogen) atoms. The molecule has 1 amide bonds. The number of hydrogen-bond donors (Lipinski definition) is 1. The molecule has 0 spiro atoms. The molecule has 8 heteroatoms. The van der Waals surface area contributed by atoms with Crippen LogP contribution in [0, 0.1) is 0 Å². The Bertz CT molecular complexity index is 919. The smallest absolute Gasteiger partial charge is 0.355 e. The number of carbonyl (C=O) groups excluding carboxylic acids is 1. The van der Waals surface area contributed by atoms with E-state index < -0.39 is 11.7 Å². The number of benzene rings is 2. The van der Waals surface area contributed by atoms with Gasteiger partial charge in [0.15, 0.2) is 0 Å². The first-order valence-corrected chi connectivity index (χ1v) is 7.23. The van der Waals surface area contributed by atoms with Gasteiger partial charge >= 0.3 is 6.18 Å². The minimum Gasteiger partial charge on any atom is -0.355 e. The molecule has 5 nitrogen and oxygen atoms in total. The monoisotopic (exact) mass is 347 g/mol. The van der Waals surface area contributed by atoms with Crippen molar-refractivity contribution in [3.63, 3.8) is 0 Å². The van der Waals surface area contributed by atoms with E-state index in [9.17, 15) is 18.0 Å². The summed E-state index contributed by atoms with van der Waals surface area (Å²) in [5, 5.41) is 6.23. The topological polar surface area (TPSA) is 68.0 Å². The summed E-state index contributed by atoms with van der Waals surface area (Å²) in [6.45, 7) is 0. The molecule has 2 aromatic carbocycles. The highest BCUT2D eigenvalue weighted by atomic mass is 19.4. The second-order valence-corrected chi connectivity index (χ2v) is 5.13.